The van der Waals surface area contributed by atoms with E-state index in [0.29, 0.717) is 5.69 Å². The molecule has 1 N–H and O–H groups in total. The van der Waals surface area contributed by atoms with Crippen LogP contribution in [-0.2, 0) is 15.5 Å². The zero-order valence-corrected chi connectivity index (χ0v) is 14.0. The maximum absolute atomic E-state index is 13.3. The molecule has 0 aliphatic carbocycles. The number of nitrogens with one attached hydrogen (secondary N) is 1. The first kappa shape index (κ1) is 19.1. The molecule has 1 aromatic rings. The topological polar surface area (TPSA) is 30.5 Å². The molecule has 0 spiro atoms. The van der Waals surface area contributed by atoms with Crippen molar-refractivity contribution in [2.75, 3.05) is 12.4 Å². The molecule has 1 saturated heterocycles. The van der Waals surface area contributed by atoms with Crippen LogP contribution in [0.2, 0.25) is 0 Å². The van der Waals surface area contributed by atoms with E-state index in [1.54, 1.807) is 13.1 Å². The summed E-state index contributed by atoms with van der Waals surface area (Å²) in [5, 5.41) is 2.71. The second-order valence-corrected chi connectivity index (χ2v) is 6.14. The summed E-state index contributed by atoms with van der Waals surface area (Å²) in [5.74, 6) is 0. The average molecular weight is 338 g/mol. The minimum Gasteiger partial charge on any atom is -0.399 e. The van der Waals surface area contributed by atoms with Crippen molar-refractivity contribution in [1.82, 2.24) is 0 Å². The van der Waals surface area contributed by atoms with Crippen LogP contribution in [0.1, 0.15) is 33.3 Å². The Balaban J connectivity index is 0.00000242. The van der Waals surface area contributed by atoms with Gasteiger partial charge in [0.2, 0.25) is 0 Å². The lowest BCUT2D eigenvalue weighted by molar-refractivity contribution is -0.136. The number of alkyl halides is 3. The molecule has 0 bridgehead atoms. The monoisotopic (exact) mass is 337 g/mol. The van der Waals surface area contributed by atoms with Gasteiger partial charge in [-0.2, -0.15) is 13.2 Å². The van der Waals surface area contributed by atoms with E-state index in [4.69, 9.17) is 9.31 Å². The fourth-order valence-corrected chi connectivity index (χ4v) is 2.13. The highest BCUT2D eigenvalue weighted by atomic mass is 35.5. The van der Waals surface area contributed by atoms with Gasteiger partial charge in [-0.1, -0.05) is 6.07 Å². The summed E-state index contributed by atoms with van der Waals surface area (Å²) < 4.78 is 51.2. The van der Waals surface area contributed by atoms with Crippen molar-refractivity contribution < 1.29 is 22.5 Å². The third-order valence-electron chi connectivity index (χ3n) is 4.15. The fraction of sp³-hybridized carbons (Fsp3) is 0.571. The van der Waals surface area contributed by atoms with E-state index < -0.39 is 30.1 Å². The Hall–Kier alpha value is -0.915. The Morgan fingerprint density at radius 1 is 1.05 bits per heavy atom. The molecule has 2 rings (SSSR count). The van der Waals surface area contributed by atoms with Crippen LogP contribution in [0.5, 0.6) is 0 Å². The van der Waals surface area contributed by atoms with E-state index in [2.05, 4.69) is 5.32 Å². The Morgan fingerprint density at radius 2 is 1.55 bits per heavy atom. The lowest BCUT2D eigenvalue weighted by atomic mass is 9.75. The van der Waals surface area contributed by atoms with E-state index in [-0.39, 0.29) is 17.9 Å². The summed E-state index contributed by atoms with van der Waals surface area (Å²) in [6, 6.07) is 4.05. The minimum atomic E-state index is -4.47. The predicted molar refractivity (Wildman–Crippen MR) is 84.0 cm³/mol. The van der Waals surface area contributed by atoms with Crippen molar-refractivity contribution in [3.8, 4) is 0 Å². The van der Waals surface area contributed by atoms with Gasteiger partial charge in [0.1, 0.15) is 0 Å². The molecular formula is C14H20BClF3NO2. The molecule has 124 valence electrons. The number of anilines is 1. The Kier molecular flexibility index (Phi) is 5.17. The summed E-state index contributed by atoms with van der Waals surface area (Å²) in [6.07, 6.45) is -4.47. The van der Waals surface area contributed by atoms with Crippen molar-refractivity contribution in [2.24, 2.45) is 0 Å². The first-order valence-electron chi connectivity index (χ1n) is 6.72. The lowest BCUT2D eigenvalue weighted by Gasteiger charge is -2.32. The zero-order chi connectivity index (χ0) is 16.1. The van der Waals surface area contributed by atoms with Crippen LogP contribution in [-0.4, -0.2) is 25.4 Å². The molecule has 0 aromatic heterocycles. The first-order valence-corrected chi connectivity index (χ1v) is 6.72. The third-order valence-corrected chi connectivity index (χ3v) is 4.15. The van der Waals surface area contributed by atoms with Crippen molar-refractivity contribution in [3.63, 3.8) is 0 Å². The molecule has 1 fully saturated rings. The number of halogens is 4. The van der Waals surface area contributed by atoms with Gasteiger partial charge in [0.15, 0.2) is 0 Å². The van der Waals surface area contributed by atoms with Crippen molar-refractivity contribution in [3.05, 3.63) is 23.8 Å². The molecule has 0 atom stereocenters. The smallest absolute Gasteiger partial charge is 0.399 e. The molecule has 1 aliphatic rings. The molecule has 22 heavy (non-hydrogen) atoms. The molecule has 0 unspecified atom stereocenters. The van der Waals surface area contributed by atoms with E-state index in [9.17, 15) is 13.2 Å². The Labute approximate surface area is 135 Å². The van der Waals surface area contributed by atoms with Crippen LogP contribution in [0.25, 0.3) is 0 Å². The second-order valence-electron chi connectivity index (χ2n) is 6.14. The maximum Gasteiger partial charge on any atom is 0.495 e. The summed E-state index contributed by atoms with van der Waals surface area (Å²) in [4.78, 5) is 0. The van der Waals surface area contributed by atoms with Crippen LogP contribution < -0.4 is 10.8 Å². The van der Waals surface area contributed by atoms with E-state index >= 15 is 0 Å². The first-order chi connectivity index (χ1) is 9.48. The molecule has 0 radical (unpaired) electrons. The predicted octanol–water partition coefficient (Wildman–Crippen LogP) is 3.47. The Bertz CT molecular complexity index is 533. The second kappa shape index (κ2) is 5.94. The highest BCUT2D eigenvalue weighted by molar-refractivity contribution is 6.62. The molecule has 3 nitrogen and oxygen atoms in total. The summed E-state index contributed by atoms with van der Waals surface area (Å²) in [7, 11) is 0.543. The van der Waals surface area contributed by atoms with Crippen LogP contribution >= 0.6 is 12.4 Å². The van der Waals surface area contributed by atoms with Gasteiger partial charge in [0, 0.05) is 12.7 Å². The normalized spacial score (nSPS) is 19.7. The summed E-state index contributed by atoms with van der Waals surface area (Å²) in [5.41, 5.74) is -1.71. The molecule has 1 aliphatic heterocycles. The fourth-order valence-electron chi connectivity index (χ4n) is 2.13. The minimum absolute atomic E-state index is 0. The highest BCUT2D eigenvalue weighted by Gasteiger charge is 2.53. The van der Waals surface area contributed by atoms with E-state index in [1.807, 2.05) is 27.7 Å². The average Bonchev–Trinajstić information content (AvgIpc) is 2.56. The Morgan fingerprint density at radius 3 is 1.95 bits per heavy atom. The lowest BCUT2D eigenvalue weighted by Crippen LogP contribution is -2.41. The maximum atomic E-state index is 13.3. The number of hydrogen-bond acceptors (Lipinski definition) is 3. The molecule has 8 heteroatoms. The van der Waals surface area contributed by atoms with Gasteiger partial charge < -0.3 is 14.6 Å². The third kappa shape index (κ3) is 3.36. The van der Waals surface area contributed by atoms with Gasteiger partial charge in [-0.05, 0) is 45.3 Å². The van der Waals surface area contributed by atoms with Gasteiger partial charge in [0.25, 0.3) is 0 Å². The van der Waals surface area contributed by atoms with Crippen LogP contribution in [0.3, 0.4) is 0 Å². The van der Waals surface area contributed by atoms with Crippen LogP contribution in [0.4, 0.5) is 18.9 Å². The van der Waals surface area contributed by atoms with E-state index in [0.717, 1.165) is 6.07 Å². The summed E-state index contributed by atoms with van der Waals surface area (Å²) in [6.45, 7) is 7.23. The van der Waals surface area contributed by atoms with Crippen molar-refractivity contribution >= 4 is 30.7 Å². The largest absolute Gasteiger partial charge is 0.495 e. The van der Waals surface area contributed by atoms with Crippen LogP contribution in [0.15, 0.2) is 18.2 Å². The molecular weight excluding hydrogens is 317 g/mol. The molecule has 0 amide bonds. The number of hydrogen-bond donors (Lipinski definition) is 1. The SMILES string of the molecule is CNc1ccc(B2OC(C)(C)C(C)(C)O2)c(C(F)(F)F)c1.Cl. The van der Waals surface area contributed by atoms with Gasteiger partial charge in [0.05, 0.1) is 16.8 Å². The quantitative estimate of drug-likeness (QED) is 0.838. The number of rotatable bonds is 2. The standard InChI is InChI=1S/C14H19BF3NO2.ClH/c1-12(2)13(3,4)21-15(20-12)11-7-6-9(19-5)8-10(11)14(16,17)18;/h6-8,19H,1-5H3;1H. The molecule has 1 aromatic carbocycles. The van der Waals surface area contributed by atoms with Gasteiger partial charge in [-0.25, -0.2) is 0 Å². The van der Waals surface area contributed by atoms with Gasteiger partial charge >= 0.3 is 13.3 Å². The van der Waals surface area contributed by atoms with Gasteiger partial charge in [-0.3, -0.25) is 0 Å². The zero-order valence-electron chi connectivity index (χ0n) is 13.2. The molecule has 1 heterocycles. The van der Waals surface area contributed by atoms with Crippen molar-refractivity contribution in [2.45, 2.75) is 45.1 Å². The highest BCUT2D eigenvalue weighted by Crippen LogP contribution is 2.38. The van der Waals surface area contributed by atoms with Gasteiger partial charge in [-0.15, -0.1) is 12.4 Å². The summed E-state index contributed by atoms with van der Waals surface area (Å²) >= 11 is 0. The van der Waals surface area contributed by atoms with Crippen LogP contribution in [0, 0.1) is 0 Å². The molecule has 0 saturated carbocycles. The number of benzene rings is 1. The van der Waals surface area contributed by atoms with Crippen molar-refractivity contribution in [1.29, 1.82) is 0 Å². The van der Waals surface area contributed by atoms with E-state index in [1.165, 1.54) is 6.07 Å².